The highest BCUT2D eigenvalue weighted by atomic mass is 16.1. The van der Waals surface area contributed by atoms with E-state index in [1.165, 1.54) is 25.1 Å². The molecule has 1 unspecified atom stereocenters. The minimum atomic E-state index is 0.0830. The van der Waals surface area contributed by atoms with Crippen molar-refractivity contribution < 1.29 is 4.79 Å². The van der Waals surface area contributed by atoms with Crippen molar-refractivity contribution in [3.8, 4) is 11.3 Å². The zero-order valence-corrected chi connectivity index (χ0v) is 13.9. The van der Waals surface area contributed by atoms with Crippen LogP contribution in [-0.4, -0.2) is 28.0 Å². The number of benzene rings is 1. The molecule has 0 saturated carbocycles. The number of imidazole rings is 1. The van der Waals surface area contributed by atoms with E-state index in [9.17, 15) is 4.79 Å². The molecular weight excluding hydrogens is 300 g/mol. The van der Waals surface area contributed by atoms with Crippen molar-refractivity contribution in [2.75, 3.05) is 11.9 Å². The predicted octanol–water partition coefficient (Wildman–Crippen LogP) is 2.97. The first-order chi connectivity index (χ1) is 11.8. The van der Waals surface area contributed by atoms with Crippen LogP contribution in [0.4, 0.5) is 5.69 Å². The summed E-state index contributed by atoms with van der Waals surface area (Å²) >= 11 is 0. The Labute approximate surface area is 142 Å². The van der Waals surface area contributed by atoms with Gasteiger partial charge in [-0.15, -0.1) is 0 Å². The van der Waals surface area contributed by atoms with Gasteiger partial charge in [0, 0.05) is 42.9 Å². The Morgan fingerprint density at radius 3 is 2.88 bits per heavy atom. The Morgan fingerprint density at radius 2 is 2.12 bits per heavy atom. The number of amides is 1. The average Bonchev–Trinajstić information content (AvgIpc) is 3.24. The summed E-state index contributed by atoms with van der Waals surface area (Å²) in [7, 11) is 0. The molecule has 1 fully saturated rings. The molecule has 0 radical (unpaired) electrons. The Hall–Kier alpha value is -2.14. The Bertz CT molecular complexity index is 690. The summed E-state index contributed by atoms with van der Waals surface area (Å²) < 4.78 is 2.27. The molecule has 1 amide bonds. The lowest BCUT2D eigenvalue weighted by Gasteiger charge is -2.11. The maximum atomic E-state index is 12.1. The first kappa shape index (κ1) is 15.4. The zero-order valence-electron chi connectivity index (χ0n) is 13.9. The van der Waals surface area contributed by atoms with Gasteiger partial charge in [0.25, 0.3) is 0 Å². The number of anilines is 1. The van der Waals surface area contributed by atoms with Gasteiger partial charge in [0.2, 0.25) is 5.91 Å². The molecule has 2 aromatic rings. The normalized spacial score (nSPS) is 19.9. The molecule has 1 aromatic carbocycles. The summed E-state index contributed by atoms with van der Waals surface area (Å²) in [4.78, 5) is 16.8. The lowest BCUT2D eigenvalue weighted by Crippen LogP contribution is -2.27. The summed E-state index contributed by atoms with van der Waals surface area (Å²) in [5, 5.41) is 6.35. The standard InChI is InChI=1S/C19H24N4O/c24-19(12-16-4-3-10-20-16)21-15-8-6-14(7-9-15)17-13-23-11-2-1-5-18(23)22-17/h6-9,13,16,20H,1-5,10-12H2,(H,21,24). The Balaban J connectivity index is 1.40. The largest absolute Gasteiger partial charge is 0.334 e. The number of carbonyl (C=O) groups excluding carboxylic acids is 1. The fraction of sp³-hybridized carbons (Fsp3) is 0.474. The van der Waals surface area contributed by atoms with E-state index in [0.29, 0.717) is 12.5 Å². The van der Waals surface area contributed by atoms with E-state index in [-0.39, 0.29) is 5.91 Å². The number of aryl methyl sites for hydroxylation is 2. The summed E-state index contributed by atoms with van der Waals surface area (Å²) in [6.07, 6.45) is 8.51. The van der Waals surface area contributed by atoms with Crippen LogP contribution < -0.4 is 10.6 Å². The van der Waals surface area contributed by atoms with Crippen molar-refractivity contribution in [2.24, 2.45) is 0 Å². The molecule has 3 heterocycles. The Kier molecular flexibility index (Phi) is 4.34. The van der Waals surface area contributed by atoms with Crippen molar-refractivity contribution in [1.82, 2.24) is 14.9 Å². The van der Waals surface area contributed by atoms with Crippen LogP contribution in [0.5, 0.6) is 0 Å². The molecule has 1 atom stereocenters. The summed E-state index contributed by atoms with van der Waals surface area (Å²) in [6, 6.07) is 8.35. The van der Waals surface area contributed by atoms with Crippen molar-refractivity contribution in [2.45, 2.75) is 51.1 Å². The second kappa shape index (κ2) is 6.77. The van der Waals surface area contributed by atoms with Crippen LogP contribution in [0.1, 0.15) is 37.9 Å². The average molecular weight is 324 g/mol. The fourth-order valence-electron chi connectivity index (χ4n) is 3.64. The topological polar surface area (TPSA) is 59.0 Å². The summed E-state index contributed by atoms with van der Waals surface area (Å²) in [6.45, 7) is 2.10. The van der Waals surface area contributed by atoms with Gasteiger partial charge in [-0.05, 0) is 44.4 Å². The molecule has 0 spiro atoms. The van der Waals surface area contributed by atoms with Crippen LogP contribution >= 0.6 is 0 Å². The number of nitrogens with zero attached hydrogens (tertiary/aromatic N) is 2. The van der Waals surface area contributed by atoms with Crippen LogP contribution in [-0.2, 0) is 17.8 Å². The molecule has 1 saturated heterocycles. The monoisotopic (exact) mass is 324 g/mol. The van der Waals surface area contributed by atoms with E-state index in [0.717, 1.165) is 42.9 Å². The minimum absolute atomic E-state index is 0.0830. The maximum absolute atomic E-state index is 12.1. The highest BCUT2D eigenvalue weighted by Gasteiger charge is 2.18. The van der Waals surface area contributed by atoms with Gasteiger partial charge in [0.05, 0.1) is 5.69 Å². The second-order valence-electron chi connectivity index (χ2n) is 6.82. The molecule has 4 rings (SSSR count). The van der Waals surface area contributed by atoms with Crippen molar-refractivity contribution in [1.29, 1.82) is 0 Å². The van der Waals surface area contributed by atoms with Crippen LogP contribution in [0.25, 0.3) is 11.3 Å². The lowest BCUT2D eigenvalue weighted by atomic mass is 10.1. The quantitative estimate of drug-likeness (QED) is 0.909. The molecule has 24 heavy (non-hydrogen) atoms. The molecule has 5 heteroatoms. The lowest BCUT2D eigenvalue weighted by molar-refractivity contribution is -0.116. The number of nitrogens with one attached hydrogen (secondary N) is 2. The summed E-state index contributed by atoms with van der Waals surface area (Å²) in [5.74, 6) is 1.28. The predicted molar refractivity (Wildman–Crippen MR) is 94.9 cm³/mol. The SMILES string of the molecule is O=C(CC1CCCN1)Nc1ccc(-c2cn3c(n2)CCCC3)cc1. The van der Waals surface area contributed by atoms with Gasteiger partial charge >= 0.3 is 0 Å². The third-order valence-electron chi connectivity index (χ3n) is 4.97. The van der Waals surface area contributed by atoms with Gasteiger partial charge in [0.15, 0.2) is 0 Å². The van der Waals surface area contributed by atoms with E-state index in [1.54, 1.807) is 0 Å². The molecule has 2 aliphatic rings. The van der Waals surface area contributed by atoms with Gasteiger partial charge in [-0.1, -0.05) is 12.1 Å². The fourth-order valence-corrected chi connectivity index (χ4v) is 3.64. The van der Waals surface area contributed by atoms with Gasteiger partial charge in [-0.2, -0.15) is 0 Å². The van der Waals surface area contributed by atoms with E-state index in [4.69, 9.17) is 4.98 Å². The highest BCUT2D eigenvalue weighted by Crippen LogP contribution is 2.24. The smallest absolute Gasteiger partial charge is 0.225 e. The summed E-state index contributed by atoms with van der Waals surface area (Å²) in [5.41, 5.74) is 2.98. The number of hydrogen-bond donors (Lipinski definition) is 2. The van der Waals surface area contributed by atoms with Gasteiger partial charge < -0.3 is 15.2 Å². The maximum Gasteiger partial charge on any atom is 0.225 e. The van der Waals surface area contributed by atoms with Gasteiger partial charge in [0.1, 0.15) is 5.82 Å². The van der Waals surface area contributed by atoms with Gasteiger partial charge in [-0.25, -0.2) is 4.98 Å². The van der Waals surface area contributed by atoms with Crippen LogP contribution in [0.15, 0.2) is 30.5 Å². The molecule has 2 N–H and O–H groups in total. The van der Waals surface area contributed by atoms with Crippen molar-refractivity contribution >= 4 is 11.6 Å². The zero-order chi connectivity index (χ0) is 16.4. The molecular formula is C19H24N4O. The third kappa shape index (κ3) is 3.36. The number of carbonyl (C=O) groups is 1. The van der Waals surface area contributed by atoms with E-state index < -0.39 is 0 Å². The Morgan fingerprint density at radius 1 is 1.25 bits per heavy atom. The number of fused-ring (bicyclic) bond motifs is 1. The van der Waals surface area contributed by atoms with Crippen LogP contribution in [0.3, 0.4) is 0 Å². The van der Waals surface area contributed by atoms with E-state index >= 15 is 0 Å². The number of hydrogen-bond acceptors (Lipinski definition) is 3. The number of rotatable bonds is 4. The van der Waals surface area contributed by atoms with Crippen LogP contribution in [0, 0.1) is 0 Å². The number of aromatic nitrogens is 2. The van der Waals surface area contributed by atoms with Crippen LogP contribution in [0.2, 0.25) is 0 Å². The van der Waals surface area contributed by atoms with E-state index in [1.807, 2.05) is 24.3 Å². The highest BCUT2D eigenvalue weighted by molar-refractivity contribution is 5.91. The van der Waals surface area contributed by atoms with Gasteiger partial charge in [-0.3, -0.25) is 4.79 Å². The first-order valence-electron chi connectivity index (χ1n) is 8.98. The molecule has 0 aliphatic carbocycles. The van der Waals surface area contributed by atoms with Crippen molar-refractivity contribution in [3.05, 3.63) is 36.3 Å². The van der Waals surface area contributed by atoms with E-state index in [2.05, 4.69) is 21.4 Å². The molecule has 0 bridgehead atoms. The molecule has 2 aliphatic heterocycles. The van der Waals surface area contributed by atoms with Crippen molar-refractivity contribution in [3.63, 3.8) is 0 Å². The minimum Gasteiger partial charge on any atom is -0.334 e. The molecule has 5 nitrogen and oxygen atoms in total. The third-order valence-corrected chi connectivity index (χ3v) is 4.97. The first-order valence-corrected chi connectivity index (χ1v) is 8.98. The molecule has 126 valence electrons. The molecule has 1 aromatic heterocycles. The second-order valence-corrected chi connectivity index (χ2v) is 6.82.